The molecule has 1 unspecified atom stereocenters. The summed E-state index contributed by atoms with van der Waals surface area (Å²) in [5.41, 5.74) is 1.53. The van der Waals surface area contributed by atoms with Crippen LogP contribution in [0.3, 0.4) is 0 Å². The highest BCUT2D eigenvalue weighted by Gasteiger charge is 2.44. The Balaban J connectivity index is 1.17. The lowest BCUT2D eigenvalue weighted by molar-refractivity contribution is -0.135. The van der Waals surface area contributed by atoms with Crippen molar-refractivity contribution in [2.45, 2.75) is 45.2 Å². The lowest BCUT2D eigenvalue weighted by Gasteiger charge is -2.33. The first-order valence-corrected chi connectivity index (χ1v) is 11.4. The summed E-state index contributed by atoms with van der Waals surface area (Å²) in [6.07, 6.45) is 2.33. The van der Waals surface area contributed by atoms with E-state index in [4.69, 9.17) is 9.47 Å². The minimum atomic E-state index is -0.489. The predicted octanol–water partition coefficient (Wildman–Crippen LogP) is 1.00. The van der Waals surface area contributed by atoms with Crippen LogP contribution in [-0.4, -0.2) is 66.8 Å². The highest BCUT2D eigenvalue weighted by atomic mass is 16.5. The first-order chi connectivity index (χ1) is 16.6. The summed E-state index contributed by atoms with van der Waals surface area (Å²) in [6, 6.07) is 11.0. The number of ether oxygens (including phenoxy) is 2. The molecule has 11 nitrogen and oxygen atoms in total. The van der Waals surface area contributed by atoms with Crippen LogP contribution in [0.4, 0.5) is 0 Å². The minimum absolute atomic E-state index is 0.00451. The van der Waals surface area contributed by atoms with Gasteiger partial charge in [-0.05, 0) is 31.5 Å². The van der Waals surface area contributed by atoms with Gasteiger partial charge in [-0.15, -0.1) is 5.10 Å². The van der Waals surface area contributed by atoms with Gasteiger partial charge in [-0.3, -0.25) is 14.3 Å². The molecule has 2 aromatic heterocycles. The average molecular weight is 466 g/mol. The zero-order chi connectivity index (χ0) is 23.5. The molecule has 2 amide bonds. The monoisotopic (exact) mass is 465 g/mol. The van der Waals surface area contributed by atoms with Crippen LogP contribution in [-0.2, 0) is 35.8 Å². The Kier molecular flexibility index (Phi) is 6.01. The lowest BCUT2D eigenvalue weighted by atomic mass is 10.0. The molecule has 2 aliphatic heterocycles. The second-order valence-electron chi connectivity index (χ2n) is 8.49. The van der Waals surface area contributed by atoms with E-state index in [2.05, 4.69) is 20.7 Å². The molecule has 5 rings (SSSR count). The molecule has 1 fully saturated rings. The molecule has 1 aromatic carbocycles. The van der Waals surface area contributed by atoms with Gasteiger partial charge in [0.1, 0.15) is 22.7 Å². The van der Waals surface area contributed by atoms with E-state index in [9.17, 15) is 9.59 Å². The fourth-order valence-corrected chi connectivity index (χ4v) is 4.42. The van der Waals surface area contributed by atoms with Gasteiger partial charge in [0.15, 0.2) is 6.61 Å². The predicted molar refractivity (Wildman–Crippen MR) is 120 cm³/mol. The van der Waals surface area contributed by atoms with Crippen LogP contribution < -0.4 is 10.1 Å². The Morgan fingerprint density at radius 3 is 2.88 bits per heavy atom. The standard InChI is InChI=1S/C23H27N7O4/c1-2-29-19(8-10-25-29)22(32)24-12-18-20-13-34-23(16-30(20)27-26-18)9-11-28(15-23)21(31)14-33-17-6-4-3-5-7-17/h3-8,10H,2,9,11-16H2,1H3,(H,24,32). The van der Waals surface area contributed by atoms with Gasteiger partial charge in [-0.2, -0.15) is 5.10 Å². The topological polar surface area (TPSA) is 116 Å². The number of rotatable bonds is 7. The number of amides is 2. The third kappa shape index (κ3) is 4.38. The lowest BCUT2D eigenvalue weighted by Crippen LogP contribution is -2.46. The van der Waals surface area contributed by atoms with Crippen molar-refractivity contribution in [3.05, 3.63) is 59.7 Å². The number of likely N-dealkylation sites (tertiary alicyclic amines) is 1. The second-order valence-corrected chi connectivity index (χ2v) is 8.49. The van der Waals surface area contributed by atoms with Crippen LogP contribution in [0, 0.1) is 0 Å². The van der Waals surface area contributed by atoms with Crippen molar-refractivity contribution in [2.24, 2.45) is 0 Å². The second kappa shape index (κ2) is 9.26. The number of nitrogens with one attached hydrogen (secondary N) is 1. The van der Waals surface area contributed by atoms with Gasteiger partial charge in [0.25, 0.3) is 11.8 Å². The quantitative estimate of drug-likeness (QED) is 0.553. The minimum Gasteiger partial charge on any atom is -0.484 e. The van der Waals surface area contributed by atoms with Gasteiger partial charge in [0.05, 0.1) is 31.9 Å². The van der Waals surface area contributed by atoms with Gasteiger partial charge in [0, 0.05) is 19.3 Å². The molecule has 34 heavy (non-hydrogen) atoms. The van der Waals surface area contributed by atoms with Crippen LogP contribution in [0.5, 0.6) is 5.75 Å². The van der Waals surface area contributed by atoms with Crippen molar-refractivity contribution in [2.75, 3.05) is 19.7 Å². The number of hydrogen-bond acceptors (Lipinski definition) is 7. The maximum atomic E-state index is 12.7. The number of aromatic nitrogens is 5. The molecule has 4 heterocycles. The number of carbonyl (C=O) groups excluding carboxylic acids is 2. The van der Waals surface area contributed by atoms with Crippen LogP contribution in [0.25, 0.3) is 0 Å². The van der Waals surface area contributed by atoms with Crippen LogP contribution in [0.15, 0.2) is 42.6 Å². The number of hydrogen-bond donors (Lipinski definition) is 1. The fourth-order valence-electron chi connectivity index (χ4n) is 4.42. The van der Waals surface area contributed by atoms with Gasteiger partial charge >= 0.3 is 0 Å². The van der Waals surface area contributed by atoms with Gasteiger partial charge in [-0.1, -0.05) is 23.4 Å². The fraction of sp³-hybridized carbons (Fsp3) is 0.435. The first-order valence-electron chi connectivity index (χ1n) is 11.4. The van der Waals surface area contributed by atoms with E-state index in [0.29, 0.717) is 49.9 Å². The SMILES string of the molecule is CCn1nccc1C(=O)NCc1nnn2c1COC1(CCN(C(=O)COc3ccccc3)C1)C2. The molecular weight excluding hydrogens is 438 g/mol. The van der Waals surface area contributed by atoms with E-state index in [1.807, 2.05) is 41.9 Å². The average Bonchev–Trinajstić information content (AvgIpc) is 3.60. The summed E-state index contributed by atoms with van der Waals surface area (Å²) in [5, 5.41) is 15.6. The van der Waals surface area contributed by atoms with E-state index in [1.165, 1.54) is 0 Å². The van der Waals surface area contributed by atoms with Crippen LogP contribution >= 0.6 is 0 Å². The van der Waals surface area contributed by atoms with Crippen LogP contribution in [0.1, 0.15) is 35.2 Å². The molecule has 1 N–H and O–H groups in total. The molecule has 11 heteroatoms. The summed E-state index contributed by atoms with van der Waals surface area (Å²) >= 11 is 0. The Morgan fingerprint density at radius 2 is 2.06 bits per heavy atom. The summed E-state index contributed by atoms with van der Waals surface area (Å²) in [6.45, 7) is 4.72. The number of aryl methyl sites for hydroxylation is 1. The van der Waals surface area contributed by atoms with Crippen LogP contribution in [0.2, 0.25) is 0 Å². The molecule has 0 aliphatic carbocycles. The Labute approximate surface area is 196 Å². The van der Waals surface area contributed by atoms with E-state index >= 15 is 0 Å². The Morgan fingerprint density at radius 1 is 1.21 bits per heavy atom. The molecule has 1 atom stereocenters. The first kappa shape index (κ1) is 22.1. The van der Waals surface area contributed by atoms with Gasteiger partial charge < -0.3 is 19.7 Å². The van der Waals surface area contributed by atoms with Crippen molar-refractivity contribution >= 4 is 11.8 Å². The van der Waals surface area contributed by atoms with Crippen molar-refractivity contribution < 1.29 is 19.1 Å². The summed E-state index contributed by atoms with van der Waals surface area (Å²) in [7, 11) is 0. The van der Waals surface area contributed by atoms with Gasteiger partial charge in [0.2, 0.25) is 0 Å². The molecule has 1 saturated heterocycles. The van der Waals surface area contributed by atoms with Crippen molar-refractivity contribution in [1.29, 1.82) is 0 Å². The summed E-state index contributed by atoms with van der Waals surface area (Å²) in [4.78, 5) is 26.9. The molecule has 0 radical (unpaired) electrons. The number of para-hydroxylation sites is 1. The van der Waals surface area contributed by atoms with E-state index in [-0.39, 0.29) is 25.0 Å². The number of fused-ring (bicyclic) bond motifs is 1. The van der Waals surface area contributed by atoms with E-state index in [0.717, 1.165) is 12.1 Å². The van der Waals surface area contributed by atoms with Gasteiger partial charge in [-0.25, -0.2) is 4.68 Å². The summed E-state index contributed by atoms with van der Waals surface area (Å²) < 4.78 is 15.3. The molecule has 1 spiro atoms. The zero-order valence-corrected chi connectivity index (χ0v) is 19.0. The molecule has 0 bridgehead atoms. The molecule has 3 aromatic rings. The smallest absolute Gasteiger partial charge is 0.269 e. The molecular formula is C23H27N7O4. The third-order valence-corrected chi connectivity index (χ3v) is 6.31. The van der Waals surface area contributed by atoms with Crippen molar-refractivity contribution in [1.82, 2.24) is 35.0 Å². The molecule has 0 saturated carbocycles. The number of benzene rings is 1. The maximum Gasteiger partial charge on any atom is 0.269 e. The maximum absolute atomic E-state index is 12.7. The Hall–Kier alpha value is -3.73. The number of nitrogens with zero attached hydrogens (tertiary/aromatic N) is 6. The van der Waals surface area contributed by atoms with Crippen molar-refractivity contribution in [3.8, 4) is 5.75 Å². The van der Waals surface area contributed by atoms with E-state index < -0.39 is 5.60 Å². The Bertz CT molecular complexity index is 1180. The van der Waals surface area contributed by atoms with E-state index in [1.54, 1.807) is 21.8 Å². The molecule has 2 aliphatic rings. The highest BCUT2D eigenvalue weighted by Crippen LogP contribution is 2.32. The largest absolute Gasteiger partial charge is 0.484 e. The highest BCUT2D eigenvalue weighted by molar-refractivity contribution is 5.92. The molecule has 178 valence electrons. The zero-order valence-electron chi connectivity index (χ0n) is 19.0. The van der Waals surface area contributed by atoms with Crippen molar-refractivity contribution in [3.63, 3.8) is 0 Å². The number of carbonyl (C=O) groups is 2. The third-order valence-electron chi connectivity index (χ3n) is 6.31. The summed E-state index contributed by atoms with van der Waals surface area (Å²) in [5.74, 6) is 0.394. The normalized spacial score (nSPS) is 19.3.